The first-order valence-electron chi connectivity index (χ1n) is 7.91. The fraction of sp³-hybridized carbons (Fsp3) is 0.263. The van der Waals surface area contributed by atoms with E-state index in [-0.39, 0.29) is 18.4 Å². The lowest BCUT2D eigenvalue weighted by molar-refractivity contribution is -0.134. The van der Waals surface area contributed by atoms with Crippen LogP contribution in [0.1, 0.15) is 12.0 Å². The number of para-hydroxylation sites is 1. The monoisotopic (exact) mass is 308 g/mol. The zero-order chi connectivity index (χ0) is 16.1. The van der Waals surface area contributed by atoms with Gasteiger partial charge in [-0.3, -0.25) is 9.59 Å². The highest BCUT2D eigenvalue weighted by Gasteiger charge is 2.25. The summed E-state index contributed by atoms with van der Waals surface area (Å²) in [6, 6.07) is 19.3. The molecule has 4 heteroatoms. The summed E-state index contributed by atoms with van der Waals surface area (Å²) in [4.78, 5) is 28.4. The molecule has 0 spiro atoms. The maximum Gasteiger partial charge on any atom is 0.246 e. The molecule has 0 aromatic heterocycles. The molecule has 1 fully saturated rings. The lowest BCUT2D eigenvalue weighted by Crippen LogP contribution is -2.40. The van der Waals surface area contributed by atoms with E-state index < -0.39 is 0 Å². The highest BCUT2D eigenvalue weighted by molar-refractivity contribution is 5.97. The average Bonchev–Trinajstić information content (AvgIpc) is 2.78. The van der Waals surface area contributed by atoms with E-state index in [1.807, 2.05) is 60.7 Å². The van der Waals surface area contributed by atoms with Crippen LogP contribution < -0.4 is 4.90 Å². The standard InChI is InChI=1S/C19H20N2O2/c22-18(14-16-8-3-1-4-9-16)20-12-7-13-21(19(23)15-20)17-10-5-2-6-11-17/h1-6,8-11H,7,12-15H2. The maximum absolute atomic E-state index is 12.5. The number of hydrogen-bond acceptors (Lipinski definition) is 2. The molecular formula is C19H20N2O2. The van der Waals surface area contributed by atoms with Gasteiger partial charge in [0.25, 0.3) is 0 Å². The first kappa shape index (κ1) is 15.3. The van der Waals surface area contributed by atoms with E-state index in [4.69, 9.17) is 0 Å². The number of nitrogens with zero attached hydrogens (tertiary/aromatic N) is 2. The fourth-order valence-corrected chi connectivity index (χ4v) is 2.85. The average molecular weight is 308 g/mol. The molecule has 0 bridgehead atoms. The molecule has 2 aromatic carbocycles. The number of hydrogen-bond donors (Lipinski definition) is 0. The Morgan fingerprint density at radius 1 is 0.913 bits per heavy atom. The first-order chi connectivity index (χ1) is 11.2. The van der Waals surface area contributed by atoms with E-state index in [1.54, 1.807) is 9.80 Å². The van der Waals surface area contributed by atoms with Gasteiger partial charge in [0.2, 0.25) is 11.8 Å². The van der Waals surface area contributed by atoms with Crippen LogP contribution in [0.15, 0.2) is 60.7 Å². The Balaban J connectivity index is 1.67. The minimum absolute atomic E-state index is 0.0134. The van der Waals surface area contributed by atoms with Gasteiger partial charge in [0, 0.05) is 18.8 Å². The van der Waals surface area contributed by atoms with E-state index >= 15 is 0 Å². The second-order valence-corrected chi connectivity index (χ2v) is 5.71. The highest BCUT2D eigenvalue weighted by atomic mass is 16.2. The molecule has 0 saturated carbocycles. The summed E-state index contributed by atoms with van der Waals surface area (Å²) in [5.41, 5.74) is 1.88. The lowest BCUT2D eigenvalue weighted by Gasteiger charge is -2.22. The van der Waals surface area contributed by atoms with Gasteiger partial charge in [-0.15, -0.1) is 0 Å². The second kappa shape index (κ2) is 7.09. The predicted octanol–water partition coefficient (Wildman–Crippen LogP) is 2.49. The summed E-state index contributed by atoms with van der Waals surface area (Å²) in [5, 5.41) is 0. The van der Waals surface area contributed by atoms with Gasteiger partial charge in [-0.1, -0.05) is 48.5 Å². The van der Waals surface area contributed by atoms with Crippen LogP contribution in [-0.4, -0.2) is 36.3 Å². The molecule has 0 radical (unpaired) electrons. The summed E-state index contributed by atoms with van der Waals surface area (Å²) in [6.07, 6.45) is 1.14. The largest absolute Gasteiger partial charge is 0.333 e. The number of amides is 2. The maximum atomic E-state index is 12.5. The molecule has 0 atom stereocenters. The van der Waals surface area contributed by atoms with Gasteiger partial charge in [-0.25, -0.2) is 0 Å². The van der Waals surface area contributed by atoms with Crippen molar-refractivity contribution in [3.05, 3.63) is 66.2 Å². The molecule has 23 heavy (non-hydrogen) atoms. The van der Waals surface area contributed by atoms with Crippen LogP contribution in [0.2, 0.25) is 0 Å². The molecule has 4 nitrogen and oxygen atoms in total. The van der Waals surface area contributed by atoms with E-state index in [0.717, 1.165) is 17.7 Å². The molecular weight excluding hydrogens is 288 g/mol. The van der Waals surface area contributed by atoms with Crippen LogP contribution in [0.3, 0.4) is 0 Å². The molecule has 0 unspecified atom stereocenters. The Kier molecular flexibility index (Phi) is 4.71. The van der Waals surface area contributed by atoms with Gasteiger partial charge in [0.15, 0.2) is 0 Å². The number of carbonyl (C=O) groups is 2. The molecule has 1 saturated heterocycles. The summed E-state index contributed by atoms with van der Waals surface area (Å²) in [7, 11) is 0. The van der Waals surface area contributed by atoms with Crippen LogP contribution >= 0.6 is 0 Å². The molecule has 3 rings (SSSR count). The van der Waals surface area contributed by atoms with Crippen molar-refractivity contribution in [1.29, 1.82) is 0 Å². The molecule has 1 aliphatic heterocycles. The van der Waals surface area contributed by atoms with Gasteiger partial charge in [0.1, 0.15) is 6.54 Å². The van der Waals surface area contributed by atoms with Crippen molar-refractivity contribution in [2.75, 3.05) is 24.5 Å². The van der Waals surface area contributed by atoms with Gasteiger partial charge >= 0.3 is 0 Å². The third kappa shape index (κ3) is 3.77. The number of carbonyl (C=O) groups excluding carboxylic acids is 2. The van der Waals surface area contributed by atoms with E-state index in [2.05, 4.69) is 0 Å². The Labute approximate surface area is 136 Å². The smallest absolute Gasteiger partial charge is 0.246 e. The zero-order valence-corrected chi connectivity index (χ0v) is 13.0. The number of anilines is 1. The van der Waals surface area contributed by atoms with Crippen LogP contribution in [0.4, 0.5) is 5.69 Å². The van der Waals surface area contributed by atoms with Crippen LogP contribution in [-0.2, 0) is 16.0 Å². The molecule has 2 amide bonds. The molecule has 0 N–H and O–H groups in total. The molecule has 0 aliphatic carbocycles. The topological polar surface area (TPSA) is 40.6 Å². The summed E-state index contributed by atoms with van der Waals surface area (Å²) in [5.74, 6) is -0.00502. The van der Waals surface area contributed by atoms with Crippen molar-refractivity contribution in [2.45, 2.75) is 12.8 Å². The van der Waals surface area contributed by atoms with Gasteiger partial charge in [-0.2, -0.15) is 0 Å². The second-order valence-electron chi connectivity index (χ2n) is 5.71. The Bertz CT molecular complexity index is 670. The van der Waals surface area contributed by atoms with Gasteiger partial charge in [0.05, 0.1) is 6.42 Å². The summed E-state index contributed by atoms with van der Waals surface area (Å²) in [6.45, 7) is 1.43. The minimum atomic E-state index is -0.0184. The van der Waals surface area contributed by atoms with E-state index in [0.29, 0.717) is 19.5 Å². The number of rotatable bonds is 3. The highest BCUT2D eigenvalue weighted by Crippen LogP contribution is 2.17. The van der Waals surface area contributed by atoms with Crippen molar-refractivity contribution in [1.82, 2.24) is 4.90 Å². The number of benzene rings is 2. The lowest BCUT2D eigenvalue weighted by atomic mass is 10.1. The SMILES string of the molecule is O=C(Cc1ccccc1)N1CCCN(c2ccccc2)C(=O)C1. The summed E-state index contributed by atoms with van der Waals surface area (Å²) < 4.78 is 0. The quantitative estimate of drug-likeness (QED) is 0.874. The minimum Gasteiger partial charge on any atom is -0.333 e. The molecule has 2 aromatic rings. The molecule has 1 aliphatic rings. The van der Waals surface area contributed by atoms with E-state index in [9.17, 15) is 9.59 Å². The predicted molar refractivity (Wildman–Crippen MR) is 90.1 cm³/mol. The van der Waals surface area contributed by atoms with Crippen LogP contribution in [0.25, 0.3) is 0 Å². The van der Waals surface area contributed by atoms with Crippen LogP contribution in [0.5, 0.6) is 0 Å². The Morgan fingerprint density at radius 3 is 2.26 bits per heavy atom. The van der Waals surface area contributed by atoms with Crippen molar-refractivity contribution < 1.29 is 9.59 Å². The molecule has 118 valence electrons. The fourth-order valence-electron chi connectivity index (χ4n) is 2.85. The Morgan fingerprint density at radius 2 is 1.57 bits per heavy atom. The van der Waals surface area contributed by atoms with Crippen molar-refractivity contribution >= 4 is 17.5 Å². The third-order valence-electron chi connectivity index (χ3n) is 4.06. The van der Waals surface area contributed by atoms with Crippen molar-refractivity contribution in [3.8, 4) is 0 Å². The summed E-state index contributed by atoms with van der Waals surface area (Å²) >= 11 is 0. The first-order valence-corrected chi connectivity index (χ1v) is 7.91. The normalized spacial score (nSPS) is 15.4. The zero-order valence-electron chi connectivity index (χ0n) is 13.0. The van der Waals surface area contributed by atoms with Gasteiger partial charge < -0.3 is 9.80 Å². The molecule has 1 heterocycles. The van der Waals surface area contributed by atoms with E-state index in [1.165, 1.54) is 0 Å². The van der Waals surface area contributed by atoms with Crippen LogP contribution in [0, 0.1) is 0 Å². The third-order valence-corrected chi connectivity index (χ3v) is 4.06. The van der Waals surface area contributed by atoms with Crippen molar-refractivity contribution in [3.63, 3.8) is 0 Å². The van der Waals surface area contributed by atoms with Gasteiger partial charge in [-0.05, 0) is 24.1 Å². The van der Waals surface area contributed by atoms with Crippen molar-refractivity contribution in [2.24, 2.45) is 0 Å². The Hall–Kier alpha value is -2.62.